The van der Waals surface area contributed by atoms with Crippen LogP contribution in [0, 0.1) is 6.57 Å². The molecule has 0 amide bonds. The van der Waals surface area contributed by atoms with Gasteiger partial charge in [0.15, 0.2) is 5.58 Å². The highest BCUT2D eigenvalue weighted by Crippen LogP contribution is 2.48. The van der Waals surface area contributed by atoms with Gasteiger partial charge in [-0.25, -0.2) is 4.85 Å². The summed E-state index contributed by atoms with van der Waals surface area (Å²) >= 11 is 0. The van der Waals surface area contributed by atoms with Crippen LogP contribution >= 0.6 is 0 Å². The van der Waals surface area contributed by atoms with Crippen molar-refractivity contribution in [2.75, 3.05) is 0 Å². The number of para-hydroxylation sites is 1. The summed E-state index contributed by atoms with van der Waals surface area (Å²) in [7, 11) is 0. The van der Waals surface area contributed by atoms with Crippen molar-refractivity contribution in [1.82, 2.24) is 9.13 Å². The van der Waals surface area contributed by atoms with Gasteiger partial charge >= 0.3 is 0 Å². The van der Waals surface area contributed by atoms with Crippen LogP contribution in [0.15, 0.2) is 229 Å². The lowest BCUT2D eigenvalue weighted by Crippen LogP contribution is -2.00. The Morgan fingerprint density at radius 2 is 0.708 bits per heavy atom. The summed E-state index contributed by atoms with van der Waals surface area (Å²) in [6.07, 6.45) is 0. The maximum atomic E-state index is 8.96. The van der Waals surface area contributed by atoms with Crippen LogP contribution < -0.4 is 0 Å². The van der Waals surface area contributed by atoms with E-state index in [2.05, 4.69) is 226 Å². The summed E-state index contributed by atoms with van der Waals surface area (Å²) in [6, 6.07) is 79.5. The van der Waals surface area contributed by atoms with Gasteiger partial charge in [0, 0.05) is 32.6 Å². The molecule has 0 saturated carbocycles. The molecule has 0 aliphatic carbocycles. The molecule has 13 rings (SSSR count). The van der Waals surface area contributed by atoms with Crippen LogP contribution in [-0.4, -0.2) is 9.13 Å². The van der Waals surface area contributed by atoms with Crippen LogP contribution in [-0.2, 0) is 0 Å². The molecule has 0 aliphatic rings. The first-order valence-electron chi connectivity index (χ1n) is 21.9. The Kier molecular flexibility index (Phi) is 8.24. The van der Waals surface area contributed by atoms with Gasteiger partial charge in [-0.15, -0.1) is 0 Å². The highest BCUT2D eigenvalue weighted by Gasteiger charge is 2.27. The second-order valence-corrected chi connectivity index (χ2v) is 16.7. The highest BCUT2D eigenvalue weighted by molar-refractivity contribution is 6.20. The zero-order chi connectivity index (χ0) is 43.0. The molecule has 0 radical (unpaired) electrons. The fraction of sp³-hybridized carbons (Fsp3) is 0. The van der Waals surface area contributed by atoms with Gasteiger partial charge in [-0.1, -0.05) is 164 Å². The van der Waals surface area contributed by atoms with Crippen LogP contribution in [0.2, 0.25) is 0 Å². The smallest absolute Gasteiger partial charge is 0.216 e. The molecule has 0 unspecified atom stereocenters. The van der Waals surface area contributed by atoms with Gasteiger partial charge in [0.25, 0.3) is 0 Å². The SMILES string of the molecule is [C-]#[N+]c1cc(-n2c3ccc(-c4ccccc4)cc3c3cc(-c4ccccc4)ccc32)c2c(oc3ccccc32)c1-n1c2ccc(-c3ccccc3)cc2c2cc(-c3ccccc3)ccc21. The van der Waals surface area contributed by atoms with E-state index in [0.717, 1.165) is 116 Å². The number of nitrogens with zero attached hydrogens (tertiary/aromatic N) is 3. The molecule has 0 atom stereocenters. The lowest BCUT2D eigenvalue weighted by atomic mass is 10.0. The molecule has 0 bridgehead atoms. The van der Waals surface area contributed by atoms with Crippen LogP contribution in [0.25, 0.3) is 126 Å². The summed E-state index contributed by atoms with van der Waals surface area (Å²) in [5.41, 5.74) is 16.9. The van der Waals surface area contributed by atoms with Crippen molar-refractivity contribution in [3.63, 3.8) is 0 Å². The summed E-state index contributed by atoms with van der Waals surface area (Å²) < 4.78 is 11.7. The minimum Gasteiger partial charge on any atom is -0.455 e. The first kappa shape index (κ1) is 36.7. The number of benzene rings is 10. The fourth-order valence-electron chi connectivity index (χ4n) is 10.1. The van der Waals surface area contributed by atoms with Crippen LogP contribution in [0.5, 0.6) is 0 Å². The average Bonchev–Trinajstić information content (AvgIpc) is 4.04. The molecule has 4 heteroatoms. The van der Waals surface area contributed by atoms with E-state index in [1.807, 2.05) is 12.1 Å². The standard InChI is InChI=1S/C61H37N3O/c1-62-52-38-57(63-53-30-26-43(39-16-6-2-7-17-39)34-48(53)49-35-44(27-31-54(49)63)40-18-8-3-9-19-40)59-47-24-14-15-25-58(47)65-61(59)60(52)64-55-32-28-45(41-20-10-4-11-21-41)36-50(55)51-37-46(29-33-56(51)64)42-22-12-5-13-23-42/h2-38H. The lowest BCUT2D eigenvalue weighted by molar-refractivity contribution is 0.666. The van der Waals surface area contributed by atoms with Crippen molar-refractivity contribution in [2.24, 2.45) is 0 Å². The van der Waals surface area contributed by atoms with Gasteiger partial charge in [-0.3, -0.25) is 0 Å². The molecule has 13 aromatic rings. The van der Waals surface area contributed by atoms with E-state index >= 15 is 0 Å². The van der Waals surface area contributed by atoms with E-state index in [9.17, 15) is 0 Å². The number of furan rings is 1. The van der Waals surface area contributed by atoms with E-state index in [-0.39, 0.29) is 0 Å². The van der Waals surface area contributed by atoms with E-state index in [1.165, 1.54) is 0 Å². The van der Waals surface area contributed by atoms with Crippen LogP contribution in [0.4, 0.5) is 5.69 Å². The quantitative estimate of drug-likeness (QED) is 0.153. The minimum atomic E-state index is 0.501. The number of hydrogen-bond donors (Lipinski definition) is 0. The first-order chi connectivity index (χ1) is 32.2. The Morgan fingerprint density at radius 3 is 1.11 bits per heavy atom. The first-order valence-corrected chi connectivity index (χ1v) is 21.9. The second kappa shape index (κ2) is 14.6. The maximum Gasteiger partial charge on any atom is 0.216 e. The van der Waals surface area contributed by atoms with Gasteiger partial charge in [-0.2, -0.15) is 0 Å². The topological polar surface area (TPSA) is 27.4 Å². The van der Waals surface area contributed by atoms with Gasteiger partial charge < -0.3 is 13.6 Å². The molecule has 10 aromatic carbocycles. The Labute approximate surface area is 374 Å². The molecule has 3 aromatic heterocycles. The van der Waals surface area contributed by atoms with E-state index in [0.29, 0.717) is 11.3 Å². The number of fused-ring (bicyclic) bond motifs is 9. The van der Waals surface area contributed by atoms with Crippen LogP contribution in [0.1, 0.15) is 0 Å². The Hall–Kier alpha value is -8.91. The van der Waals surface area contributed by atoms with Crippen molar-refractivity contribution in [2.45, 2.75) is 0 Å². The third kappa shape index (κ3) is 5.77. The Balaban J connectivity index is 1.13. The molecule has 0 N–H and O–H groups in total. The molecule has 65 heavy (non-hydrogen) atoms. The van der Waals surface area contributed by atoms with Crippen molar-refractivity contribution in [3.8, 4) is 55.9 Å². The summed E-state index contributed by atoms with van der Waals surface area (Å²) in [5.74, 6) is 0. The molecule has 0 spiro atoms. The predicted molar refractivity (Wildman–Crippen MR) is 270 cm³/mol. The normalized spacial score (nSPS) is 11.7. The van der Waals surface area contributed by atoms with Gasteiger partial charge in [0.1, 0.15) is 5.58 Å². The van der Waals surface area contributed by atoms with Crippen molar-refractivity contribution < 1.29 is 4.42 Å². The number of rotatable bonds is 6. The van der Waals surface area contributed by atoms with Crippen molar-refractivity contribution >= 4 is 71.2 Å². The maximum absolute atomic E-state index is 8.96. The average molecular weight is 828 g/mol. The highest BCUT2D eigenvalue weighted by atomic mass is 16.3. The molecule has 0 fully saturated rings. The van der Waals surface area contributed by atoms with Crippen molar-refractivity contribution in [1.29, 1.82) is 0 Å². The molecular weight excluding hydrogens is 791 g/mol. The summed E-state index contributed by atoms with van der Waals surface area (Å²) in [6.45, 7) is 8.96. The number of hydrogen-bond acceptors (Lipinski definition) is 1. The summed E-state index contributed by atoms with van der Waals surface area (Å²) in [4.78, 5) is 4.38. The largest absolute Gasteiger partial charge is 0.455 e. The van der Waals surface area contributed by atoms with E-state index in [4.69, 9.17) is 11.0 Å². The molecule has 0 aliphatic heterocycles. The molecule has 0 saturated heterocycles. The monoisotopic (exact) mass is 827 g/mol. The predicted octanol–water partition coefficient (Wildman–Crippen LogP) is 17.0. The summed E-state index contributed by atoms with van der Waals surface area (Å²) in [5, 5.41) is 6.44. The van der Waals surface area contributed by atoms with E-state index in [1.54, 1.807) is 0 Å². The molecule has 3 heterocycles. The zero-order valence-corrected chi connectivity index (χ0v) is 35.1. The van der Waals surface area contributed by atoms with Gasteiger partial charge in [-0.05, 0) is 105 Å². The van der Waals surface area contributed by atoms with E-state index < -0.39 is 0 Å². The number of aromatic nitrogens is 2. The van der Waals surface area contributed by atoms with Crippen molar-refractivity contribution in [3.05, 3.63) is 236 Å². The third-order valence-electron chi connectivity index (χ3n) is 13.1. The minimum absolute atomic E-state index is 0.501. The van der Waals surface area contributed by atoms with Gasteiger partial charge in [0.2, 0.25) is 5.69 Å². The second-order valence-electron chi connectivity index (χ2n) is 16.7. The molecule has 302 valence electrons. The Bertz CT molecular complexity index is 3850. The molecule has 4 nitrogen and oxygen atoms in total. The molecular formula is C61H37N3O. The zero-order valence-electron chi connectivity index (χ0n) is 35.1. The lowest BCUT2D eigenvalue weighted by Gasteiger charge is -2.16. The third-order valence-corrected chi connectivity index (χ3v) is 13.1. The van der Waals surface area contributed by atoms with Crippen LogP contribution in [0.3, 0.4) is 0 Å². The Morgan fingerprint density at radius 1 is 0.338 bits per heavy atom. The fourth-order valence-corrected chi connectivity index (χ4v) is 10.1. The van der Waals surface area contributed by atoms with Gasteiger partial charge in [0.05, 0.1) is 39.7 Å².